The lowest BCUT2D eigenvalue weighted by Crippen LogP contribution is -2.56. The lowest BCUT2D eigenvalue weighted by molar-refractivity contribution is -0.146. The van der Waals surface area contributed by atoms with Gasteiger partial charge < -0.3 is 9.16 Å². The highest BCUT2D eigenvalue weighted by molar-refractivity contribution is 6.69. The summed E-state index contributed by atoms with van der Waals surface area (Å²) in [4.78, 5) is 12.2. The molecule has 1 atom stereocenters. The second kappa shape index (κ2) is 7.90. The van der Waals surface area contributed by atoms with Gasteiger partial charge in [-0.25, -0.2) is 0 Å². The number of esters is 1. The molecule has 1 unspecified atom stereocenters. The Morgan fingerprint density at radius 1 is 1.27 bits per heavy atom. The first-order chi connectivity index (χ1) is 12.1. The summed E-state index contributed by atoms with van der Waals surface area (Å²) in [6.45, 7) is 6.07. The number of benzene rings is 1. The van der Waals surface area contributed by atoms with Crippen LogP contribution in [0.2, 0.25) is 29.7 Å². The molecular formula is C19H25Cl2NO3Si. The topological polar surface area (TPSA) is 59.3 Å². The van der Waals surface area contributed by atoms with Crippen LogP contribution in [0.25, 0.3) is 0 Å². The van der Waals surface area contributed by atoms with Gasteiger partial charge in [-0.3, -0.25) is 4.79 Å². The van der Waals surface area contributed by atoms with Crippen molar-refractivity contribution in [3.8, 4) is 6.07 Å². The Hall–Kier alpha value is -1.06. The zero-order valence-electron chi connectivity index (χ0n) is 15.7. The molecule has 0 spiro atoms. The number of nitrogens with zero attached hydrogens (tertiary/aromatic N) is 1. The van der Waals surface area contributed by atoms with E-state index in [-0.39, 0.29) is 6.42 Å². The van der Waals surface area contributed by atoms with Crippen molar-refractivity contribution in [2.45, 2.75) is 62.8 Å². The molecule has 1 fully saturated rings. The molecule has 0 amide bonds. The monoisotopic (exact) mass is 413 g/mol. The molecule has 4 nitrogen and oxygen atoms in total. The Balaban J connectivity index is 2.68. The number of methoxy groups -OCH3 is 1. The lowest BCUT2D eigenvalue weighted by Gasteiger charge is -2.47. The molecule has 1 aromatic carbocycles. The minimum atomic E-state index is -2.15. The molecule has 0 aliphatic heterocycles. The van der Waals surface area contributed by atoms with Crippen LogP contribution in [-0.4, -0.2) is 27.0 Å². The van der Waals surface area contributed by atoms with Crippen LogP contribution in [0.4, 0.5) is 0 Å². The Labute approximate surface area is 166 Å². The maximum atomic E-state index is 12.2. The van der Waals surface area contributed by atoms with Gasteiger partial charge in [-0.2, -0.15) is 5.26 Å². The number of nitriles is 1. The second-order valence-electron chi connectivity index (χ2n) is 7.82. The van der Waals surface area contributed by atoms with Gasteiger partial charge in [0.25, 0.3) is 0 Å². The van der Waals surface area contributed by atoms with Gasteiger partial charge in [0.15, 0.2) is 13.9 Å². The molecule has 26 heavy (non-hydrogen) atoms. The second-order valence-corrected chi connectivity index (χ2v) is 13.1. The van der Waals surface area contributed by atoms with E-state index in [1.807, 2.05) is 31.8 Å². The lowest BCUT2D eigenvalue weighted by atomic mass is 9.65. The fraction of sp³-hybridized carbons (Fsp3) is 0.579. The summed E-state index contributed by atoms with van der Waals surface area (Å²) in [5.41, 5.74) is -1.02. The molecule has 1 aromatic rings. The average molecular weight is 414 g/mol. The number of halogens is 2. The van der Waals surface area contributed by atoms with Crippen LogP contribution >= 0.6 is 23.2 Å². The zero-order chi connectivity index (χ0) is 19.6. The molecule has 0 bridgehead atoms. The molecule has 1 aliphatic carbocycles. The van der Waals surface area contributed by atoms with Crippen molar-refractivity contribution in [2.75, 3.05) is 7.11 Å². The molecule has 142 valence electrons. The van der Waals surface area contributed by atoms with E-state index < -0.39 is 25.3 Å². The maximum Gasteiger partial charge on any atom is 0.309 e. The van der Waals surface area contributed by atoms with Crippen LogP contribution in [0.5, 0.6) is 0 Å². The molecular weight excluding hydrogens is 389 g/mol. The Bertz CT molecular complexity index is 720. The normalized spacial score (nSPS) is 18.8. The van der Waals surface area contributed by atoms with E-state index in [2.05, 4.69) is 6.07 Å². The smallest absolute Gasteiger partial charge is 0.309 e. The van der Waals surface area contributed by atoms with E-state index in [0.29, 0.717) is 10.0 Å². The molecule has 0 heterocycles. The van der Waals surface area contributed by atoms with E-state index in [1.54, 1.807) is 6.07 Å². The van der Waals surface area contributed by atoms with Crippen LogP contribution in [0.15, 0.2) is 18.2 Å². The summed E-state index contributed by atoms with van der Waals surface area (Å²) in [5.74, 6) is -0.448. The van der Waals surface area contributed by atoms with Crippen molar-refractivity contribution in [3.63, 3.8) is 0 Å². The van der Waals surface area contributed by atoms with Gasteiger partial charge in [-0.05, 0) is 50.2 Å². The van der Waals surface area contributed by atoms with Gasteiger partial charge in [0, 0.05) is 5.41 Å². The van der Waals surface area contributed by atoms with E-state index >= 15 is 0 Å². The number of carbonyl (C=O) groups is 1. The van der Waals surface area contributed by atoms with E-state index in [0.717, 1.165) is 31.2 Å². The van der Waals surface area contributed by atoms with Gasteiger partial charge in [0.2, 0.25) is 0 Å². The molecule has 1 saturated carbocycles. The highest BCUT2D eigenvalue weighted by Crippen LogP contribution is 2.53. The standard InChI is InChI=1S/C19H25Cl2NO3Si/c1-24-17(23)12-19(13-22,25-26(2,3)4)18(9-5-6-10-18)14-7-8-15(20)16(21)11-14/h7-8,11H,5-6,9-10,12H2,1-4H3. The van der Waals surface area contributed by atoms with E-state index in [1.165, 1.54) is 7.11 Å². The van der Waals surface area contributed by atoms with Gasteiger partial charge in [0.05, 0.1) is 29.6 Å². The highest BCUT2D eigenvalue weighted by atomic mass is 35.5. The van der Waals surface area contributed by atoms with Crippen molar-refractivity contribution >= 4 is 37.5 Å². The molecule has 0 radical (unpaired) electrons. The third-order valence-electron chi connectivity index (χ3n) is 4.98. The highest BCUT2D eigenvalue weighted by Gasteiger charge is 2.58. The van der Waals surface area contributed by atoms with E-state index in [4.69, 9.17) is 32.4 Å². The molecule has 0 N–H and O–H groups in total. The first-order valence-corrected chi connectivity index (χ1v) is 12.9. The Morgan fingerprint density at radius 3 is 2.35 bits per heavy atom. The molecule has 7 heteroatoms. The molecule has 0 saturated heterocycles. The fourth-order valence-electron chi connectivity index (χ4n) is 3.97. The largest absolute Gasteiger partial charge is 0.469 e. The summed E-state index contributed by atoms with van der Waals surface area (Å²) in [7, 11) is -0.822. The first-order valence-electron chi connectivity index (χ1n) is 8.73. The third kappa shape index (κ3) is 4.09. The molecule has 1 aliphatic rings. The number of rotatable bonds is 6. The van der Waals surface area contributed by atoms with Gasteiger partial charge >= 0.3 is 5.97 Å². The SMILES string of the molecule is COC(=O)CC(C#N)(O[Si](C)(C)C)C1(c2ccc(Cl)c(Cl)c2)CCCC1. The average Bonchev–Trinajstić information content (AvgIpc) is 3.06. The van der Waals surface area contributed by atoms with Crippen LogP contribution in [0, 0.1) is 11.3 Å². The van der Waals surface area contributed by atoms with Crippen molar-refractivity contribution in [2.24, 2.45) is 0 Å². The van der Waals surface area contributed by atoms with Gasteiger partial charge in [-0.15, -0.1) is 0 Å². The number of hydrogen-bond donors (Lipinski definition) is 0. The summed E-state index contributed by atoms with van der Waals surface area (Å²) in [6.07, 6.45) is 3.31. The summed E-state index contributed by atoms with van der Waals surface area (Å²) in [5, 5.41) is 11.2. The zero-order valence-corrected chi connectivity index (χ0v) is 18.2. The predicted molar refractivity (Wildman–Crippen MR) is 106 cm³/mol. The van der Waals surface area contributed by atoms with Gasteiger partial charge in [0.1, 0.15) is 0 Å². The number of carbonyl (C=O) groups excluding carboxylic acids is 1. The van der Waals surface area contributed by atoms with E-state index in [9.17, 15) is 10.1 Å². The van der Waals surface area contributed by atoms with Crippen molar-refractivity contribution in [3.05, 3.63) is 33.8 Å². The minimum Gasteiger partial charge on any atom is -0.469 e. The number of ether oxygens (including phenoxy) is 1. The van der Waals surface area contributed by atoms with Crippen LogP contribution in [0.3, 0.4) is 0 Å². The maximum absolute atomic E-state index is 12.2. The quantitative estimate of drug-likeness (QED) is 0.457. The Kier molecular flexibility index (Phi) is 6.45. The number of hydrogen-bond acceptors (Lipinski definition) is 4. The van der Waals surface area contributed by atoms with Crippen molar-refractivity contribution < 1.29 is 14.0 Å². The fourth-order valence-corrected chi connectivity index (χ4v) is 5.63. The minimum absolute atomic E-state index is 0.107. The predicted octanol–water partition coefficient (Wildman–Crippen LogP) is 5.48. The van der Waals surface area contributed by atoms with Gasteiger partial charge in [-0.1, -0.05) is 42.1 Å². The Morgan fingerprint density at radius 2 is 1.88 bits per heavy atom. The van der Waals surface area contributed by atoms with Crippen LogP contribution in [-0.2, 0) is 19.4 Å². The van der Waals surface area contributed by atoms with Crippen molar-refractivity contribution in [1.29, 1.82) is 5.26 Å². The van der Waals surface area contributed by atoms with Crippen LogP contribution in [0.1, 0.15) is 37.7 Å². The van der Waals surface area contributed by atoms with Crippen LogP contribution < -0.4 is 0 Å². The van der Waals surface area contributed by atoms with Crippen molar-refractivity contribution in [1.82, 2.24) is 0 Å². The molecule has 0 aromatic heterocycles. The summed E-state index contributed by atoms with van der Waals surface area (Å²) in [6, 6.07) is 7.84. The molecule has 2 rings (SSSR count). The first kappa shape index (κ1) is 21.2. The summed E-state index contributed by atoms with van der Waals surface area (Å²) < 4.78 is 11.4. The third-order valence-corrected chi connectivity index (χ3v) is 6.68. The summed E-state index contributed by atoms with van der Waals surface area (Å²) >= 11 is 12.4.